The summed E-state index contributed by atoms with van der Waals surface area (Å²) in [6.45, 7) is 0.457. The molecule has 1 aliphatic rings. The number of hydrogen-bond donors (Lipinski definition) is 2. The van der Waals surface area contributed by atoms with E-state index in [0.29, 0.717) is 35.3 Å². The van der Waals surface area contributed by atoms with Crippen molar-refractivity contribution in [3.63, 3.8) is 0 Å². The molecule has 0 aliphatic carbocycles. The first-order valence-electron chi connectivity index (χ1n) is 10.1. The van der Waals surface area contributed by atoms with E-state index in [0.717, 1.165) is 28.0 Å². The van der Waals surface area contributed by atoms with Gasteiger partial charge >= 0.3 is 0 Å². The molecule has 2 aromatic heterocycles. The number of fused-ring (bicyclic) bond motifs is 2. The summed E-state index contributed by atoms with van der Waals surface area (Å²) in [4.78, 5) is 22.3. The topological polar surface area (TPSA) is 92.5 Å². The number of aliphatic hydroxyl groups excluding tert-OH is 1. The quantitative estimate of drug-likeness (QED) is 0.459. The Labute approximate surface area is 189 Å². The molecule has 162 valence electrons. The monoisotopic (exact) mass is 449 g/mol. The number of ether oxygens (including phenoxy) is 1. The van der Waals surface area contributed by atoms with Gasteiger partial charge < -0.3 is 24.6 Å². The van der Waals surface area contributed by atoms with Crippen LogP contribution in [0.5, 0.6) is 11.5 Å². The summed E-state index contributed by atoms with van der Waals surface area (Å²) in [5.74, 6) is 1.75. The SMILES string of the molecule is CN1C(=O)Cc2c(Oc3ccc(Nc4ncnc5ccn(CCO)c45)cc3Cl)cccc21. The average molecular weight is 450 g/mol. The Bertz CT molecular complexity index is 1340. The van der Waals surface area contributed by atoms with E-state index in [-0.39, 0.29) is 12.5 Å². The van der Waals surface area contributed by atoms with E-state index in [2.05, 4.69) is 15.3 Å². The molecule has 0 bridgehead atoms. The van der Waals surface area contributed by atoms with Gasteiger partial charge in [-0.25, -0.2) is 9.97 Å². The van der Waals surface area contributed by atoms with E-state index in [1.165, 1.54) is 6.33 Å². The molecule has 0 radical (unpaired) electrons. The molecule has 0 saturated heterocycles. The molecule has 0 saturated carbocycles. The molecule has 0 unspecified atom stereocenters. The standard InChI is InChI=1S/C23H20ClN5O3/c1-28-18-3-2-4-19(15(18)12-21(28)31)32-20-6-5-14(11-16(20)24)27-23-22-17(25-13-26-23)7-8-29(22)9-10-30/h2-8,11,13,30H,9-10,12H2,1H3,(H,25,26,27). The minimum Gasteiger partial charge on any atom is -0.455 e. The minimum atomic E-state index is 0.0144. The number of anilines is 3. The number of amides is 1. The van der Waals surface area contributed by atoms with Crippen molar-refractivity contribution in [1.29, 1.82) is 0 Å². The normalized spacial score (nSPS) is 13.0. The van der Waals surface area contributed by atoms with Crippen LogP contribution in [0.1, 0.15) is 5.56 Å². The third-order valence-corrected chi connectivity index (χ3v) is 5.77. The number of rotatable bonds is 6. The van der Waals surface area contributed by atoms with Gasteiger partial charge in [0.25, 0.3) is 0 Å². The number of hydrogen-bond acceptors (Lipinski definition) is 6. The second-order valence-corrected chi connectivity index (χ2v) is 7.85. The zero-order valence-corrected chi connectivity index (χ0v) is 18.0. The van der Waals surface area contributed by atoms with Crippen LogP contribution in [0.15, 0.2) is 55.0 Å². The van der Waals surface area contributed by atoms with Gasteiger partial charge in [-0.2, -0.15) is 0 Å². The molecular formula is C23H20ClN5O3. The van der Waals surface area contributed by atoms with Gasteiger partial charge in [0.15, 0.2) is 5.82 Å². The highest BCUT2D eigenvalue weighted by Gasteiger charge is 2.27. The van der Waals surface area contributed by atoms with Crippen molar-refractivity contribution >= 4 is 45.7 Å². The maximum absolute atomic E-state index is 12.1. The summed E-state index contributed by atoms with van der Waals surface area (Å²) < 4.78 is 7.96. The van der Waals surface area contributed by atoms with Crippen LogP contribution in [-0.2, 0) is 17.8 Å². The van der Waals surface area contributed by atoms with Gasteiger partial charge in [-0.15, -0.1) is 0 Å². The average Bonchev–Trinajstić information content (AvgIpc) is 3.33. The molecule has 3 heterocycles. The van der Waals surface area contributed by atoms with Crippen LogP contribution in [-0.4, -0.2) is 39.2 Å². The van der Waals surface area contributed by atoms with Crippen molar-refractivity contribution in [2.75, 3.05) is 23.9 Å². The third-order valence-electron chi connectivity index (χ3n) is 5.48. The van der Waals surface area contributed by atoms with Gasteiger partial charge in [-0.1, -0.05) is 17.7 Å². The molecule has 1 amide bonds. The van der Waals surface area contributed by atoms with Crippen LogP contribution in [0.4, 0.5) is 17.2 Å². The summed E-state index contributed by atoms with van der Waals surface area (Å²) in [7, 11) is 1.76. The van der Waals surface area contributed by atoms with E-state index in [4.69, 9.17) is 16.3 Å². The number of benzene rings is 2. The molecule has 0 fully saturated rings. The number of likely N-dealkylation sites (N-methyl/N-ethyl adjacent to an activating group) is 1. The molecule has 8 nitrogen and oxygen atoms in total. The Morgan fingerprint density at radius 2 is 2.06 bits per heavy atom. The third kappa shape index (κ3) is 3.53. The first kappa shape index (κ1) is 20.3. The molecule has 1 aliphatic heterocycles. The second-order valence-electron chi connectivity index (χ2n) is 7.44. The fourth-order valence-corrected chi connectivity index (χ4v) is 4.10. The van der Waals surface area contributed by atoms with Crippen molar-refractivity contribution in [3.8, 4) is 11.5 Å². The van der Waals surface area contributed by atoms with Crippen molar-refractivity contribution in [2.24, 2.45) is 0 Å². The minimum absolute atomic E-state index is 0.0144. The van der Waals surface area contributed by atoms with Crippen LogP contribution in [0.2, 0.25) is 5.02 Å². The summed E-state index contributed by atoms with van der Waals surface area (Å²) in [5.41, 5.74) is 4.00. The summed E-state index contributed by atoms with van der Waals surface area (Å²) in [6.07, 6.45) is 3.66. The first-order valence-corrected chi connectivity index (χ1v) is 10.5. The van der Waals surface area contributed by atoms with Gasteiger partial charge in [0.1, 0.15) is 23.3 Å². The molecule has 0 atom stereocenters. The van der Waals surface area contributed by atoms with Crippen LogP contribution in [0.3, 0.4) is 0 Å². The summed E-state index contributed by atoms with van der Waals surface area (Å²) in [5, 5.41) is 13.0. The number of nitrogens with one attached hydrogen (secondary N) is 1. The highest BCUT2D eigenvalue weighted by atomic mass is 35.5. The van der Waals surface area contributed by atoms with E-state index >= 15 is 0 Å². The molecule has 4 aromatic rings. The Morgan fingerprint density at radius 1 is 1.19 bits per heavy atom. The Morgan fingerprint density at radius 3 is 2.88 bits per heavy atom. The molecule has 9 heteroatoms. The lowest BCUT2D eigenvalue weighted by Crippen LogP contribution is -2.20. The fraction of sp³-hybridized carbons (Fsp3) is 0.174. The predicted octanol–water partition coefficient (Wildman–Crippen LogP) is 4.13. The smallest absolute Gasteiger partial charge is 0.231 e. The number of carbonyl (C=O) groups excluding carboxylic acids is 1. The molecule has 5 rings (SSSR count). The number of aromatic nitrogens is 3. The maximum atomic E-state index is 12.1. The van der Waals surface area contributed by atoms with Crippen LogP contribution < -0.4 is 15.0 Å². The van der Waals surface area contributed by atoms with Gasteiger partial charge in [-0.3, -0.25) is 4.79 Å². The molecular weight excluding hydrogens is 430 g/mol. The number of nitrogens with zero attached hydrogens (tertiary/aromatic N) is 4. The lowest BCUT2D eigenvalue weighted by atomic mass is 10.1. The highest BCUT2D eigenvalue weighted by Crippen LogP contribution is 2.39. The van der Waals surface area contributed by atoms with E-state index in [1.54, 1.807) is 24.1 Å². The van der Waals surface area contributed by atoms with Crippen LogP contribution in [0.25, 0.3) is 11.0 Å². The highest BCUT2D eigenvalue weighted by molar-refractivity contribution is 6.32. The van der Waals surface area contributed by atoms with Gasteiger partial charge in [-0.05, 0) is 36.4 Å². The Balaban J connectivity index is 1.42. The van der Waals surface area contributed by atoms with Gasteiger partial charge in [0.2, 0.25) is 5.91 Å². The van der Waals surface area contributed by atoms with Gasteiger partial charge in [0.05, 0.1) is 29.3 Å². The predicted molar refractivity (Wildman–Crippen MR) is 123 cm³/mol. The van der Waals surface area contributed by atoms with E-state index < -0.39 is 0 Å². The Kier molecular flexibility index (Phi) is 5.16. The lowest BCUT2D eigenvalue weighted by molar-refractivity contribution is -0.117. The van der Waals surface area contributed by atoms with E-state index in [9.17, 15) is 9.90 Å². The second kappa shape index (κ2) is 8.14. The molecule has 2 N–H and O–H groups in total. The van der Waals surface area contributed by atoms with Crippen molar-refractivity contribution < 1.29 is 14.6 Å². The molecule has 32 heavy (non-hydrogen) atoms. The summed E-state index contributed by atoms with van der Waals surface area (Å²) >= 11 is 6.52. The number of halogens is 1. The van der Waals surface area contributed by atoms with E-state index in [1.807, 2.05) is 41.1 Å². The summed E-state index contributed by atoms with van der Waals surface area (Å²) in [6, 6.07) is 12.8. The first-order chi connectivity index (χ1) is 15.5. The fourth-order valence-electron chi connectivity index (χ4n) is 3.88. The van der Waals surface area contributed by atoms with Gasteiger partial charge in [0, 0.05) is 31.0 Å². The van der Waals surface area contributed by atoms with Crippen LogP contribution in [0, 0.1) is 0 Å². The lowest BCUT2D eigenvalue weighted by Gasteiger charge is -2.14. The molecule has 0 spiro atoms. The number of carbonyl (C=O) groups is 1. The van der Waals surface area contributed by atoms with Crippen molar-refractivity contribution in [1.82, 2.24) is 14.5 Å². The molecule has 2 aromatic carbocycles. The van der Waals surface area contributed by atoms with Crippen LogP contribution >= 0.6 is 11.6 Å². The zero-order chi connectivity index (χ0) is 22.2. The van der Waals surface area contributed by atoms with Crippen molar-refractivity contribution in [2.45, 2.75) is 13.0 Å². The largest absolute Gasteiger partial charge is 0.455 e. The zero-order valence-electron chi connectivity index (χ0n) is 17.2. The Hall–Kier alpha value is -3.62. The maximum Gasteiger partial charge on any atom is 0.231 e. The van der Waals surface area contributed by atoms with Crippen molar-refractivity contribution in [3.05, 3.63) is 65.6 Å². The number of aliphatic hydroxyl groups is 1.